The normalized spacial score (nSPS) is 11.4. The lowest BCUT2D eigenvalue weighted by molar-refractivity contribution is 0.600. The molecular formula is C9H12Cl2N2O2S. The van der Waals surface area contributed by atoms with Crippen LogP contribution < -0.4 is 10.5 Å². The largest absolute Gasteiger partial charge is 0.399 e. The SMILES string of the molecule is CCCS(=O)(=O)Nc1c(Cl)cc(N)cc1Cl. The fourth-order valence-corrected chi connectivity index (χ4v) is 3.05. The molecule has 0 aromatic heterocycles. The van der Waals surface area contributed by atoms with Crippen LogP contribution in [0.1, 0.15) is 13.3 Å². The molecule has 0 spiro atoms. The molecule has 0 radical (unpaired) electrons. The number of sulfonamides is 1. The lowest BCUT2D eigenvalue weighted by Gasteiger charge is -2.11. The molecule has 4 nitrogen and oxygen atoms in total. The van der Waals surface area contributed by atoms with Gasteiger partial charge in [0, 0.05) is 5.69 Å². The van der Waals surface area contributed by atoms with Gasteiger partial charge in [0.1, 0.15) is 0 Å². The highest BCUT2D eigenvalue weighted by molar-refractivity contribution is 7.92. The second kappa shape index (κ2) is 5.12. The van der Waals surface area contributed by atoms with Gasteiger partial charge in [0.15, 0.2) is 0 Å². The molecule has 7 heteroatoms. The minimum absolute atomic E-state index is 0.0179. The van der Waals surface area contributed by atoms with E-state index in [1.165, 1.54) is 12.1 Å². The van der Waals surface area contributed by atoms with Gasteiger partial charge < -0.3 is 5.73 Å². The summed E-state index contributed by atoms with van der Waals surface area (Å²) >= 11 is 11.7. The van der Waals surface area contributed by atoms with Gasteiger partial charge in [-0.15, -0.1) is 0 Å². The van der Waals surface area contributed by atoms with Gasteiger partial charge in [0.25, 0.3) is 0 Å². The number of hydrogen-bond acceptors (Lipinski definition) is 3. The average Bonchev–Trinajstić information content (AvgIpc) is 2.11. The molecule has 0 saturated carbocycles. The first-order valence-corrected chi connectivity index (χ1v) is 7.01. The Kier molecular flexibility index (Phi) is 4.29. The number of benzene rings is 1. The van der Waals surface area contributed by atoms with Crippen molar-refractivity contribution in [2.24, 2.45) is 0 Å². The number of nitrogens with two attached hydrogens (primary N) is 1. The van der Waals surface area contributed by atoms with E-state index in [2.05, 4.69) is 4.72 Å². The van der Waals surface area contributed by atoms with Gasteiger partial charge in [-0.1, -0.05) is 30.1 Å². The fourth-order valence-electron chi connectivity index (χ4n) is 1.17. The molecule has 1 aromatic carbocycles. The Morgan fingerprint density at radius 1 is 1.31 bits per heavy atom. The molecule has 0 fully saturated rings. The van der Waals surface area contributed by atoms with Crippen molar-refractivity contribution < 1.29 is 8.42 Å². The average molecular weight is 283 g/mol. The quantitative estimate of drug-likeness (QED) is 0.834. The standard InChI is InChI=1S/C9H12Cl2N2O2S/c1-2-3-16(14,15)13-9-7(10)4-6(12)5-8(9)11/h4-5,13H,2-3,12H2,1H3. The van der Waals surface area contributed by atoms with Crippen LogP contribution in [0.2, 0.25) is 10.0 Å². The molecule has 0 aliphatic heterocycles. The summed E-state index contributed by atoms with van der Waals surface area (Å²) in [7, 11) is -3.40. The van der Waals surface area contributed by atoms with Crippen LogP contribution in [-0.2, 0) is 10.0 Å². The van der Waals surface area contributed by atoms with Crippen molar-refractivity contribution >= 4 is 44.6 Å². The molecule has 0 aliphatic rings. The van der Waals surface area contributed by atoms with Crippen LogP contribution in [0.4, 0.5) is 11.4 Å². The third-order valence-electron chi connectivity index (χ3n) is 1.79. The molecule has 0 heterocycles. The van der Waals surface area contributed by atoms with Crippen molar-refractivity contribution in [3.8, 4) is 0 Å². The van der Waals surface area contributed by atoms with Crippen molar-refractivity contribution in [1.29, 1.82) is 0 Å². The zero-order valence-electron chi connectivity index (χ0n) is 8.63. The smallest absolute Gasteiger partial charge is 0.232 e. The highest BCUT2D eigenvalue weighted by atomic mass is 35.5. The summed E-state index contributed by atoms with van der Waals surface area (Å²) in [5.74, 6) is 0.0179. The molecule has 0 aliphatic carbocycles. The third-order valence-corrected chi connectivity index (χ3v) is 3.85. The van der Waals surface area contributed by atoms with E-state index in [0.717, 1.165) is 0 Å². The molecule has 0 bridgehead atoms. The van der Waals surface area contributed by atoms with Gasteiger partial charge in [-0.3, -0.25) is 4.72 Å². The van der Waals surface area contributed by atoms with Crippen LogP contribution in [-0.4, -0.2) is 14.2 Å². The molecule has 90 valence electrons. The molecule has 0 atom stereocenters. The van der Waals surface area contributed by atoms with Crippen LogP contribution in [0, 0.1) is 0 Å². The van der Waals surface area contributed by atoms with E-state index in [1.807, 2.05) is 0 Å². The lowest BCUT2D eigenvalue weighted by atomic mass is 10.3. The van der Waals surface area contributed by atoms with Gasteiger partial charge in [0.2, 0.25) is 10.0 Å². The van der Waals surface area contributed by atoms with Crippen molar-refractivity contribution in [3.05, 3.63) is 22.2 Å². The van der Waals surface area contributed by atoms with E-state index in [1.54, 1.807) is 6.92 Å². The van der Waals surface area contributed by atoms with E-state index in [0.29, 0.717) is 12.1 Å². The second-order valence-corrected chi connectivity index (χ2v) is 5.94. The zero-order chi connectivity index (χ0) is 12.3. The summed E-state index contributed by atoms with van der Waals surface area (Å²) in [6.45, 7) is 1.77. The molecule has 0 saturated heterocycles. The van der Waals surface area contributed by atoms with Crippen LogP contribution in [0.3, 0.4) is 0 Å². The third kappa shape index (κ3) is 3.43. The van der Waals surface area contributed by atoms with E-state index in [-0.39, 0.29) is 21.5 Å². The molecule has 0 amide bonds. The highest BCUT2D eigenvalue weighted by Crippen LogP contribution is 2.33. The van der Waals surface area contributed by atoms with Crippen molar-refractivity contribution in [1.82, 2.24) is 0 Å². The van der Waals surface area contributed by atoms with E-state index in [9.17, 15) is 8.42 Å². The molecule has 1 aromatic rings. The van der Waals surface area contributed by atoms with E-state index in [4.69, 9.17) is 28.9 Å². The molecule has 16 heavy (non-hydrogen) atoms. The number of hydrogen-bond donors (Lipinski definition) is 2. The van der Waals surface area contributed by atoms with Crippen molar-refractivity contribution in [2.45, 2.75) is 13.3 Å². The predicted molar refractivity (Wildman–Crippen MR) is 68.6 cm³/mol. The Hall–Kier alpha value is -0.650. The van der Waals surface area contributed by atoms with Gasteiger partial charge in [0.05, 0.1) is 21.5 Å². The van der Waals surface area contributed by atoms with Gasteiger partial charge in [-0.25, -0.2) is 8.42 Å². The Labute approximate surface area is 105 Å². The maximum atomic E-state index is 11.5. The molecule has 1 rings (SSSR count). The molecule has 0 unspecified atom stereocenters. The second-order valence-electron chi connectivity index (χ2n) is 3.28. The van der Waals surface area contributed by atoms with Crippen LogP contribution >= 0.6 is 23.2 Å². The summed E-state index contributed by atoms with van der Waals surface area (Å²) < 4.78 is 25.4. The predicted octanol–water partition coefficient (Wildman–Crippen LogP) is 2.73. The van der Waals surface area contributed by atoms with Gasteiger partial charge in [-0.05, 0) is 18.6 Å². The maximum absolute atomic E-state index is 11.5. The maximum Gasteiger partial charge on any atom is 0.232 e. The molecular weight excluding hydrogens is 271 g/mol. The Morgan fingerprint density at radius 3 is 2.25 bits per heavy atom. The van der Waals surface area contributed by atoms with Crippen LogP contribution in [0.5, 0.6) is 0 Å². The highest BCUT2D eigenvalue weighted by Gasteiger charge is 2.14. The summed E-state index contributed by atoms with van der Waals surface area (Å²) in [4.78, 5) is 0. The number of nitrogen functional groups attached to an aromatic ring is 1. The zero-order valence-corrected chi connectivity index (χ0v) is 11.0. The Balaban J connectivity index is 3.07. The fraction of sp³-hybridized carbons (Fsp3) is 0.333. The summed E-state index contributed by atoms with van der Waals surface area (Å²) in [6.07, 6.45) is 0.513. The Morgan fingerprint density at radius 2 is 1.81 bits per heavy atom. The minimum atomic E-state index is -3.40. The van der Waals surface area contributed by atoms with Crippen molar-refractivity contribution in [3.63, 3.8) is 0 Å². The number of halogens is 2. The van der Waals surface area contributed by atoms with E-state index >= 15 is 0 Å². The summed E-state index contributed by atoms with van der Waals surface area (Å²) in [5, 5.41) is 0.370. The van der Waals surface area contributed by atoms with Crippen LogP contribution in [0.15, 0.2) is 12.1 Å². The number of nitrogens with one attached hydrogen (secondary N) is 1. The van der Waals surface area contributed by atoms with Gasteiger partial charge >= 0.3 is 0 Å². The number of rotatable bonds is 4. The van der Waals surface area contributed by atoms with Crippen LogP contribution in [0.25, 0.3) is 0 Å². The Bertz CT molecular complexity index is 465. The lowest BCUT2D eigenvalue weighted by Crippen LogP contribution is -2.16. The van der Waals surface area contributed by atoms with Gasteiger partial charge in [-0.2, -0.15) is 0 Å². The summed E-state index contributed by atoms with van der Waals surface area (Å²) in [6, 6.07) is 2.88. The first kappa shape index (κ1) is 13.4. The van der Waals surface area contributed by atoms with Crippen molar-refractivity contribution in [2.75, 3.05) is 16.2 Å². The monoisotopic (exact) mass is 282 g/mol. The summed E-state index contributed by atoms with van der Waals surface area (Å²) in [5.41, 5.74) is 6.06. The molecule has 3 N–H and O–H groups in total. The first-order valence-electron chi connectivity index (χ1n) is 4.60. The number of anilines is 2. The minimum Gasteiger partial charge on any atom is -0.399 e. The topological polar surface area (TPSA) is 72.2 Å². The van der Waals surface area contributed by atoms with E-state index < -0.39 is 10.0 Å². The first-order chi connectivity index (χ1) is 7.35.